The van der Waals surface area contributed by atoms with E-state index in [1.807, 2.05) is 18.5 Å². The number of pyridine rings is 1. The molecule has 1 saturated heterocycles. The van der Waals surface area contributed by atoms with Gasteiger partial charge in [-0.3, -0.25) is 9.88 Å². The van der Waals surface area contributed by atoms with Crippen LogP contribution in [0, 0.1) is 5.92 Å². The standard InChI is InChI=1S/C20H26N2O/c1-16(2)20(22-11-13-23-14-12-22)19(17-7-4-3-5-8-17)18-9-6-10-21-15-18/h3-10,15-16,19-20H,11-14H2,1-2H3. The lowest BCUT2D eigenvalue weighted by Gasteiger charge is -2.42. The van der Waals surface area contributed by atoms with Crippen molar-refractivity contribution in [2.45, 2.75) is 25.8 Å². The van der Waals surface area contributed by atoms with E-state index in [2.05, 4.69) is 60.1 Å². The highest BCUT2D eigenvalue weighted by atomic mass is 16.5. The molecule has 2 aromatic rings. The Hall–Kier alpha value is -1.71. The molecule has 1 aliphatic rings. The van der Waals surface area contributed by atoms with Crippen LogP contribution in [0.4, 0.5) is 0 Å². The molecule has 3 heteroatoms. The highest BCUT2D eigenvalue weighted by Gasteiger charge is 2.33. The van der Waals surface area contributed by atoms with E-state index in [0.717, 1.165) is 26.3 Å². The minimum atomic E-state index is 0.336. The van der Waals surface area contributed by atoms with E-state index in [-0.39, 0.29) is 0 Å². The fraction of sp³-hybridized carbons (Fsp3) is 0.450. The van der Waals surface area contributed by atoms with Gasteiger partial charge in [0.15, 0.2) is 0 Å². The van der Waals surface area contributed by atoms with Crippen LogP contribution in [0.1, 0.15) is 30.9 Å². The van der Waals surface area contributed by atoms with Crippen molar-refractivity contribution in [3.05, 3.63) is 66.0 Å². The lowest BCUT2D eigenvalue weighted by molar-refractivity contribution is 0.00214. The normalized spacial score (nSPS) is 18.7. The third kappa shape index (κ3) is 3.80. The van der Waals surface area contributed by atoms with E-state index >= 15 is 0 Å². The number of ether oxygens (including phenoxy) is 1. The largest absolute Gasteiger partial charge is 0.379 e. The Morgan fingerprint density at radius 3 is 2.26 bits per heavy atom. The van der Waals surface area contributed by atoms with Gasteiger partial charge in [0.2, 0.25) is 0 Å². The number of aromatic nitrogens is 1. The number of hydrogen-bond acceptors (Lipinski definition) is 3. The Bertz CT molecular complexity index is 540. The minimum Gasteiger partial charge on any atom is -0.379 e. The third-order valence-corrected chi connectivity index (χ3v) is 4.69. The Kier molecular flexibility index (Phi) is 5.42. The molecule has 0 spiro atoms. The van der Waals surface area contributed by atoms with Crippen molar-refractivity contribution < 1.29 is 4.74 Å². The fourth-order valence-electron chi connectivity index (χ4n) is 3.70. The molecule has 3 rings (SSSR count). The van der Waals surface area contributed by atoms with Crippen LogP contribution in [0.3, 0.4) is 0 Å². The molecule has 0 amide bonds. The van der Waals surface area contributed by atoms with E-state index in [0.29, 0.717) is 17.9 Å². The van der Waals surface area contributed by atoms with Crippen LogP contribution < -0.4 is 0 Å². The maximum absolute atomic E-state index is 5.57. The van der Waals surface area contributed by atoms with E-state index in [1.165, 1.54) is 11.1 Å². The van der Waals surface area contributed by atoms with Crippen LogP contribution >= 0.6 is 0 Å². The van der Waals surface area contributed by atoms with Crippen molar-refractivity contribution in [3.63, 3.8) is 0 Å². The molecule has 2 unspecified atom stereocenters. The number of rotatable bonds is 5. The number of morpholine rings is 1. The maximum Gasteiger partial charge on any atom is 0.0594 e. The summed E-state index contributed by atoms with van der Waals surface area (Å²) >= 11 is 0. The smallest absolute Gasteiger partial charge is 0.0594 e. The van der Waals surface area contributed by atoms with Crippen molar-refractivity contribution in [1.82, 2.24) is 9.88 Å². The average Bonchev–Trinajstić information content (AvgIpc) is 2.61. The number of nitrogens with zero attached hydrogens (tertiary/aromatic N) is 2. The van der Waals surface area contributed by atoms with Crippen LogP contribution in [0.2, 0.25) is 0 Å². The second-order valence-corrected chi connectivity index (χ2v) is 6.56. The molecule has 23 heavy (non-hydrogen) atoms. The topological polar surface area (TPSA) is 25.4 Å². The molecule has 1 aliphatic heterocycles. The zero-order chi connectivity index (χ0) is 16.1. The summed E-state index contributed by atoms with van der Waals surface area (Å²) < 4.78 is 5.57. The van der Waals surface area contributed by atoms with E-state index in [9.17, 15) is 0 Å². The summed E-state index contributed by atoms with van der Waals surface area (Å²) in [6.45, 7) is 8.33. The molecule has 122 valence electrons. The Morgan fingerprint density at radius 1 is 0.957 bits per heavy atom. The third-order valence-electron chi connectivity index (χ3n) is 4.69. The first kappa shape index (κ1) is 16.2. The van der Waals surface area contributed by atoms with Crippen molar-refractivity contribution in [2.75, 3.05) is 26.3 Å². The van der Waals surface area contributed by atoms with Crippen LogP contribution in [0.5, 0.6) is 0 Å². The van der Waals surface area contributed by atoms with Crippen LogP contribution in [0.15, 0.2) is 54.9 Å². The predicted octanol–water partition coefficient (Wildman–Crippen LogP) is 3.57. The van der Waals surface area contributed by atoms with Crippen molar-refractivity contribution >= 4 is 0 Å². The lowest BCUT2D eigenvalue weighted by Crippen LogP contribution is -2.49. The Labute approximate surface area is 139 Å². The molecule has 1 aromatic carbocycles. The van der Waals surface area contributed by atoms with Gasteiger partial charge >= 0.3 is 0 Å². The number of benzene rings is 1. The van der Waals surface area contributed by atoms with Crippen molar-refractivity contribution in [3.8, 4) is 0 Å². The second-order valence-electron chi connectivity index (χ2n) is 6.56. The SMILES string of the molecule is CC(C)C(C(c1ccccc1)c1cccnc1)N1CCOCC1. The fourth-order valence-corrected chi connectivity index (χ4v) is 3.70. The van der Waals surface area contributed by atoms with E-state index in [4.69, 9.17) is 4.74 Å². The van der Waals surface area contributed by atoms with E-state index in [1.54, 1.807) is 0 Å². The Balaban J connectivity index is 2.01. The van der Waals surface area contributed by atoms with Gasteiger partial charge < -0.3 is 4.74 Å². The van der Waals surface area contributed by atoms with Crippen LogP contribution in [-0.2, 0) is 4.74 Å². The summed E-state index contributed by atoms with van der Waals surface area (Å²) in [5.74, 6) is 0.890. The minimum absolute atomic E-state index is 0.336. The quantitative estimate of drug-likeness (QED) is 0.844. The summed E-state index contributed by atoms with van der Waals surface area (Å²) in [6, 6.07) is 15.5. The van der Waals surface area contributed by atoms with Gasteiger partial charge in [0.1, 0.15) is 0 Å². The molecular formula is C20H26N2O. The molecule has 2 atom stereocenters. The summed E-state index contributed by atoms with van der Waals surface area (Å²) in [7, 11) is 0. The van der Waals surface area contributed by atoms with Gasteiger partial charge in [0, 0.05) is 37.4 Å². The van der Waals surface area contributed by atoms with E-state index < -0.39 is 0 Å². The molecular weight excluding hydrogens is 284 g/mol. The summed E-state index contributed by atoms with van der Waals surface area (Å²) in [4.78, 5) is 6.97. The first-order chi connectivity index (χ1) is 11.3. The van der Waals surface area contributed by atoms with Crippen molar-refractivity contribution in [2.24, 2.45) is 5.92 Å². The van der Waals surface area contributed by atoms with Crippen LogP contribution in [0.25, 0.3) is 0 Å². The molecule has 0 aliphatic carbocycles. The van der Waals surface area contributed by atoms with Gasteiger partial charge in [0.25, 0.3) is 0 Å². The molecule has 3 nitrogen and oxygen atoms in total. The summed E-state index contributed by atoms with van der Waals surface area (Å²) in [5.41, 5.74) is 2.66. The van der Waals surface area contributed by atoms with Crippen LogP contribution in [-0.4, -0.2) is 42.2 Å². The highest BCUT2D eigenvalue weighted by Crippen LogP contribution is 2.34. The predicted molar refractivity (Wildman–Crippen MR) is 93.5 cm³/mol. The van der Waals surface area contributed by atoms with Gasteiger partial charge in [-0.25, -0.2) is 0 Å². The first-order valence-corrected chi connectivity index (χ1v) is 8.54. The summed E-state index contributed by atoms with van der Waals surface area (Å²) in [6.07, 6.45) is 3.87. The zero-order valence-corrected chi connectivity index (χ0v) is 14.1. The molecule has 0 N–H and O–H groups in total. The second kappa shape index (κ2) is 7.71. The number of hydrogen-bond donors (Lipinski definition) is 0. The van der Waals surface area contributed by atoms with Crippen molar-refractivity contribution in [1.29, 1.82) is 0 Å². The first-order valence-electron chi connectivity index (χ1n) is 8.54. The van der Waals surface area contributed by atoms with Gasteiger partial charge in [-0.15, -0.1) is 0 Å². The molecule has 0 saturated carbocycles. The van der Waals surface area contributed by atoms with Gasteiger partial charge in [-0.1, -0.05) is 50.2 Å². The van der Waals surface area contributed by atoms with Gasteiger partial charge in [0.05, 0.1) is 13.2 Å². The average molecular weight is 310 g/mol. The summed E-state index contributed by atoms with van der Waals surface area (Å²) in [5, 5.41) is 0. The monoisotopic (exact) mass is 310 g/mol. The molecule has 0 bridgehead atoms. The molecule has 2 heterocycles. The maximum atomic E-state index is 5.57. The molecule has 1 aromatic heterocycles. The van der Waals surface area contributed by atoms with Gasteiger partial charge in [-0.2, -0.15) is 0 Å². The zero-order valence-electron chi connectivity index (χ0n) is 14.1. The highest BCUT2D eigenvalue weighted by molar-refractivity contribution is 5.33. The Morgan fingerprint density at radius 2 is 1.65 bits per heavy atom. The lowest BCUT2D eigenvalue weighted by atomic mass is 9.79. The molecule has 1 fully saturated rings. The molecule has 0 radical (unpaired) electrons. The van der Waals surface area contributed by atoms with Gasteiger partial charge in [-0.05, 0) is 23.1 Å².